The number of benzene rings is 2. The van der Waals surface area contributed by atoms with E-state index in [0.717, 1.165) is 24.2 Å². The van der Waals surface area contributed by atoms with Crippen molar-refractivity contribution in [1.29, 1.82) is 0 Å². The van der Waals surface area contributed by atoms with E-state index in [1.807, 2.05) is 62.0 Å². The van der Waals surface area contributed by atoms with Crippen molar-refractivity contribution in [2.45, 2.75) is 116 Å². The van der Waals surface area contributed by atoms with Gasteiger partial charge in [0.25, 0.3) is 0 Å². The van der Waals surface area contributed by atoms with Gasteiger partial charge in [0.05, 0.1) is 25.4 Å². The summed E-state index contributed by atoms with van der Waals surface area (Å²) in [5.74, 6) is 0.542. The third-order valence-electron chi connectivity index (χ3n) is 7.85. The van der Waals surface area contributed by atoms with E-state index in [4.69, 9.17) is 19.7 Å². The Morgan fingerprint density at radius 1 is 0.522 bits per heavy atom. The van der Waals surface area contributed by atoms with Crippen LogP contribution in [0.25, 0.3) is 0 Å². The number of aliphatic hydroxyl groups is 2. The molecule has 4 N–H and O–H groups in total. The second-order valence-electron chi connectivity index (χ2n) is 12.6. The summed E-state index contributed by atoms with van der Waals surface area (Å²) in [4.78, 5) is 4.05. The first-order valence-corrected chi connectivity index (χ1v) is 17.7. The molecule has 4 rings (SSSR count). The fourth-order valence-corrected chi connectivity index (χ4v) is 5.41. The molecule has 0 heterocycles. The van der Waals surface area contributed by atoms with Crippen molar-refractivity contribution in [3.05, 3.63) is 59.7 Å². The minimum Gasteiger partial charge on any atom is -0.508 e. The molecule has 2 saturated carbocycles. The highest BCUT2D eigenvalue weighted by atomic mass is 16.5. The third-order valence-corrected chi connectivity index (χ3v) is 7.85. The maximum atomic E-state index is 9.67. The van der Waals surface area contributed by atoms with Gasteiger partial charge in [-0.2, -0.15) is 0 Å². The van der Waals surface area contributed by atoms with Crippen molar-refractivity contribution in [2.75, 3.05) is 53.6 Å². The van der Waals surface area contributed by atoms with Crippen LogP contribution in [0.3, 0.4) is 0 Å². The predicted molar refractivity (Wildman–Crippen MR) is 189 cm³/mol. The SMILES string of the molecule is C1CCCCC1.C1CCCCC1.CCOCC(O)CN(C)Cc1ccc(O)cc1.CCOCC(O)CN(C)Cc1ccc(O)cc1. The molecule has 264 valence electrons. The molecule has 8 nitrogen and oxygen atoms in total. The van der Waals surface area contributed by atoms with Crippen molar-refractivity contribution in [1.82, 2.24) is 9.80 Å². The van der Waals surface area contributed by atoms with Gasteiger partial charge in [0, 0.05) is 39.4 Å². The average molecular weight is 647 g/mol. The number of hydrogen-bond acceptors (Lipinski definition) is 8. The van der Waals surface area contributed by atoms with Crippen LogP contribution in [-0.2, 0) is 22.6 Å². The summed E-state index contributed by atoms with van der Waals surface area (Å²) in [5, 5.41) is 37.7. The normalized spacial score (nSPS) is 15.8. The summed E-state index contributed by atoms with van der Waals surface area (Å²) in [6.07, 6.45) is 17.1. The van der Waals surface area contributed by atoms with E-state index in [-0.39, 0.29) is 11.5 Å². The van der Waals surface area contributed by atoms with E-state index < -0.39 is 12.2 Å². The van der Waals surface area contributed by atoms with Crippen LogP contribution in [0.4, 0.5) is 0 Å². The van der Waals surface area contributed by atoms with Gasteiger partial charge in [0.2, 0.25) is 0 Å². The van der Waals surface area contributed by atoms with Crippen LogP contribution in [0.1, 0.15) is 102 Å². The molecule has 2 aromatic rings. The number of aromatic hydroxyl groups is 2. The van der Waals surface area contributed by atoms with Crippen LogP contribution in [0.15, 0.2) is 48.5 Å². The van der Waals surface area contributed by atoms with E-state index in [0.29, 0.717) is 39.5 Å². The summed E-state index contributed by atoms with van der Waals surface area (Å²) in [6.45, 7) is 8.43. The second kappa shape index (κ2) is 27.9. The highest BCUT2D eigenvalue weighted by Gasteiger charge is 2.09. The van der Waals surface area contributed by atoms with Gasteiger partial charge in [0.15, 0.2) is 0 Å². The van der Waals surface area contributed by atoms with Crippen LogP contribution in [-0.4, -0.2) is 96.0 Å². The summed E-state index contributed by atoms with van der Waals surface area (Å²) < 4.78 is 10.3. The molecule has 2 fully saturated rings. The third kappa shape index (κ3) is 24.0. The molecule has 0 amide bonds. The maximum Gasteiger partial charge on any atom is 0.115 e. The van der Waals surface area contributed by atoms with E-state index in [2.05, 4.69) is 0 Å². The van der Waals surface area contributed by atoms with Gasteiger partial charge in [-0.25, -0.2) is 0 Å². The molecule has 46 heavy (non-hydrogen) atoms. The van der Waals surface area contributed by atoms with Gasteiger partial charge in [-0.1, -0.05) is 101 Å². The number of ether oxygens (including phenoxy) is 2. The monoisotopic (exact) mass is 646 g/mol. The number of aliphatic hydroxyl groups excluding tert-OH is 2. The number of phenolic OH excluding ortho intramolecular Hbond substituents is 2. The molecule has 2 aromatic carbocycles. The number of rotatable bonds is 14. The smallest absolute Gasteiger partial charge is 0.115 e. The van der Waals surface area contributed by atoms with E-state index >= 15 is 0 Å². The van der Waals surface area contributed by atoms with Crippen molar-refractivity contribution < 1.29 is 29.9 Å². The van der Waals surface area contributed by atoms with Gasteiger partial charge < -0.3 is 29.9 Å². The lowest BCUT2D eigenvalue weighted by Gasteiger charge is -2.20. The first kappa shape index (κ1) is 41.8. The average Bonchev–Trinajstić information content (AvgIpc) is 3.07. The van der Waals surface area contributed by atoms with Crippen LogP contribution >= 0.6 is 0 Å². The van der Waals surface area contributed by atoms with Gasteiger partial charge in [-0.3, -0.25) is 9.80 Å². The molecule has 0 saturated heterocycles. The Balaban J connectivity index is 0.000000339. The minimum absolute atomic E-state index is 0.271. The van der Waals surface area contributed by atoms with E-state index in [1.165, 1.54) is 77.0 Å². The number of hydrogen-bond donors (Lipinski definition) is 4. The highest BCUT2D eigenvalue weighted by Crippen LogP contribution is 2.16. The zero-order valence-corrected chi connectivity index (χ0v) is 29.4. The zero-order valence-electron chi connectivity index (χ0n) is 29.4. The zero-order chi connectivity index (χ0) is 33.8. The fraction of sp³-hybridized carbons (Fsp3) is 0.684. The Morgan fingerprint density at radius 2 is 0.783 bits per heavy atom. The molecule has 0 spiro atoms. The van der Waals surface area contributed by atoms with Crippen LogP contribution in [0.2, 0.25) is 0 Å². The molecule has 8 heteroatoms. The Hall–Kier alpha value is -2.20. The first-order chi connectivity index (χ1) is 22.2. The molecule has 0 aliphatic heterocycles. The number of likely N-dealkylation sites (N-methyl/N-ethyl adjacent to an activating group) is 2. The lowest BCUT2D eigenvalue weighted by molar-refractivity contribution is 0.0244. The Labute approximate surface area is 280 Å². The number of phenols is 2. The molecule has 2 aliphatic carbocycles. The highest BCUT2D eigenvalue weighted by molar-refractivity contribution is 5.26. The molecule has 2 aliphatic rings. The molecule has 0 radical (unpaired) electrons. The maximum absolute atomic E-state index is 9.67. The van der Waals surface area contributed by atoms with Crippen molar-refractivity contribution in [3.63, 3.8) is 0 Å². The number of nitrogens with zero attached hydrogens (tertiary/aromatic N) is 2. The minimum atomic E-state index is -0.461. The largest absolute Gasteiger partial charge is 0.508 e. The van der Waals surface area contributed by atoms with Gasteiger partial charge in [-0.05, 0) is 63.3 Å². The molecular formula is C38H66N2O6. The van der Waals surface area contributed by atoms with Gasteiger partial charge in [0.1, 0.15) is 11.5 Å². The van der Waals surface area contributed by atoms with Gasteiger partial charge >= 0.3 is 0 Å². The van der Waals surface area contributed by atoms with Crippen LogP contribution < -0.4 is 0 Å². The van der Waals surface area contributed by atoms with Crippen molar-refractivity contribution in [3.8, 4) is 11.5 Å². The Bertz CT molecular complexity index is 835. The molecule has 0 aromatic heterocycles. The van der Waals surface area contributed by atoms with E-state index in [9.17, 15) is 10.2 Å². The summed E-state index contributed by atoms with van der Waals surface area (Å²) in [7, 11) is 3.89. The molecule has 0 bridgehead atoms. The predicted octanol–water partition coefficient (Wildman–Crippen LogP) is 7.12. The fourth-order valence-electron chi connectivity index (χ4n) is 5.41. The lowest BCUT2D eigenvalue weighted by atomic mass is 10.0. The van der Waals surface area contributed by atoms with Gasteiger partial charge in [-0.15, -0.1) is 0 Å². The van der Waals surface area contributed by atoms with Crippen molar-refractivity contribution in [2.24, 2.45) is 0 Å². The molecule has 2 atom stereocenters. The van der Waals surface area contributed by atoms with Crippen molar-refractivity contribution >= 4 is 0 Å². The second-order valence-corrected chi connectivity index (χ2v) is 12.6. The first-order valence-electron chi connectivity index (χ1n) is 17.7. The standard InChI is InChI=1S/2C13H21NO3.2C6H12/c2*1-3-17-10-13(16)9-14(2)8-11-4-6-12(15)7-5-11;2*1-2-4-6-5-3-1/h2*4-7,13,15-16H,3,8-10H2,1-2H3;2*1-6H2. The summed E-state index contributed by atoms with van der Waals surface area (Å²) in [6, 6.07) is 14.2. The quantitative estimate of drug-likeness (QED) is 0.172. The topological polar surface area (TPSA) is 106 Å². The van der Waals surface area contributed by atoms with Crippen LogP contribution in [0.5, 0.6) is 11.5 Å². The lowest BCUT2D eigenvalue weighted by Crippen LogP contribution is -2.31. The van der Waals surface area contributed by atoms with Crippen LogP contribution in [0, 0.1) is 0 Å². The molecule has 2 unspecified atom stereocenters. The summed E-state index contributed by atoms with van der Waals surface area (Å²) in [5.41, 5.74) is 2.21. The van der Waals surface area contributed by atoms with E-state index in [1.54, 1.807) is 24.3 Å². The Kier molecular flexibility index (Phi) is 25.3. The summed E-state index contributed by atoms with van der Waals surface area (Å²) >= 11 is 0. The Morgan fingerprint density at radius 3 is 1.02 bits per heavy atom. The molecular weight excluding hydrogens is 580 g/mol.